The summed E-state index contributed by atoms with van der Waals surface area (Å²) in [6.45, 7) is 7.10. The number of ether oxygens (including phenoxy) is 4. The second-order valence-electron chi connectivity index (χ2n) is 24.8. The molecule has 0 amide bonds. The summed E-state index contributed by atoms with van der Waals surface area (Å²) in [6, 6.07) is 0. The van der Waals surface area contributed by atoms with Gasteiger partial charge in [0.25, 0.3) is 0 Å². The van der Waals surface area contributed by atoms with Gasteiger partial charge in [-0.2, -0.15) is 0 Å². The molecule has 0 saturated carbocycles. The van der Waals surface area contributed by atoms with Gasteiger partial charge in [0.2, 0.25) is 0 Å². The molecule has 0 aromatic carbocycles. The van der Waals surface area contributed by atoms with Crippen LogP contribution < -0.4 is 0 Å². The fourth-order valence-corrected chi connectivity index (χ4v) is 11.8. The summed E-state index contributed by atoms with van der Waals surface area (Å²) in [5.74, 6) is -1.37. The number of aliphatic hydroxyl groups is 1. The molecule has 0 saturated heterocycles. The number of carbonyl (C=O) groups excluding carboxylic acids is 4. The van der Waals surface area contributed by atoms with Crippen LogP contribution in [0.4, 0.5) is 0 Å². The lowest BCUT2D eigenvalue weighted by molar-refractivity contribution is -0.161. The van der Waals surface area contributed by atoms with E-state index < -0.39 is 97.5 Å². The van der Waals surface area contributed by atoms with E-state index in [0.717, 1.165) is 109 Å². The molecule has 0 radical (unpaired) electrons. The molecule has 0 rings (SSSR count). The van der Waals surface area contributed by atoms with Crippen molar-refractivity contribution < 1.29 is 80.2 Å². The number of phosphoric ester groups is 2. The zero-order chi connectivity index (χ0) is 64.2. The fourth-order valence-electron chi connectivity index (χ4n) is 10.3. The van der Waals surface area contributed by atoms with E-state index in [4.69, 9.17) is 37.0 Å². The third kappa shape index (κ3) is 61.3. The Hall–Kier alpha value is -1.94. The van der Waals surface area contributed by atoms with Gasteiger partial charge in [-0.1, -0.05) is 298 Å². The summed E-state index contributed by atoms with van der Waals surface area (Å²) in [4.78, 5) is 72.0. The minimum Gasteiger partial charge on any atom is -0.462 e. The maximum atomic E-state index is 13.0. The van der Waals surface area contributed by atoms with Crippen molar-refractivity contribution in [2.75, 3.05) is 39.6 Å². The minimum atomic E-state index is -4.95. The number of unbranched alkanes of at least 4 members (excludes halogenated alkanes) is 39. The number of phosphoric acid groups is 2. The maximum Gasteiger partial charge on any atom is 0.472 e. The molecule has 0 aliphatic heterocycles. The van der Waals surface area contributed by atoms with Crippen molar-refractivity contribution in [3.05, 3.63) is 0 Å². The Balaban J connectivity index is 5.06. The molecular weight excluding hydrogens is 1150 g/mol. The monoisotopic (exact) mass is 1280 g/mol. The third-order valence-corrected chi connectivity index (χ3v) is 18.0. The van der Waals surface area contributed by atoms with Crippen LogP contribution in [0.15, 0.2) is 0 Å². The lowest BCUT2D eigenvalue weighted by Gasteiger charge is -2.21. The highest BCUT2D eigenvalue weighted by molar-refractivity contribution is 7.47. The average molecular weight is 1280 g/mol. The zero-order valence-corrected chi connectivity index (χ0v) is 57.9. The average Bonchev–Trinajstić information content (AvgIpc) is 3.61. The number of rotatable bonds is 68. The van der Waals surface area contributed by atoms with E-state index in [1.165, 1.54) is 161 Å². The van der Waals surface area contributed by atoms with E-state index in [-0.39, 0.29) is 25.7 Å². The van der Waals surface area contributed by atoms with Crippen LogP contribution in [-0.4, -0.2) is 96.7 Å². The first kappa shape index (κ1) is 85.1. The molecule has 0 aliphatic carbocycles. The van der Waals surface area contributed by atoms with Gasteiger partial charge in [0.05, 0.1) is 26.4 Å². The largest absolute Gasteiger partial charge is 0.472 e. The first-order chi connectivity index (χ1) is 42.1. The maximum absolute atomic E-state index is 13.0. The summed E-state index contributed by atoms with van der Waals surface area (Å²) >= 11 is 0. The van der Waals surface area contributed by atoms with Crippen LogP contribution in [0.2, 0.25) is 0 Å². The Labute approximate surface area is 530 Å². The van der Waals surface area contributed by atoms with Gasteiger partial charge in [0.1, 0.15) is 19.3 Å². The molecule has 6 atom stereocenters. The predicted molar refractivity (Wildman–Crippen MR) is 349 cm³/mol. The molecule has 0 aliphatic rings. The molecule has 0 heterocycles. The Morgan fingerprint density at radius 2 is 0.552 bits per heavy atom. The van der Waals surface area contributed by atoms with Gasteiger partial charge in [0, 0.05) is 25.7 Å². The highest BCUT2D eigenvalue weighted by atomic mass is 31.2. The van der Waals surface area contributed by atoms with Crippen LogP contribution in [0.25, 0.3) is 0 Å². The normalized spacial score (nSPS) is 14.4. The van der Waals surface area contributed by atoms with Crippen LogP contribution in [-0.2, 0) is 65.4 Å². The van der Waals surface area contributed by atoms with Crippen LogP contribution in [0.5, 0.6) is 0 Å². The Kier molecular flexibility index (Phi) is 60.2. The van der Waals surface area contributed by atoms with Gasteiger partial charge in [-0.25, -0.2) is 9.13 Å². The SMILES string of the molecule is CCCCCCCCCCCCCCCCCCCCCCCCC(=O)O[C@H](COC(=O)CCCCCCCCCCC(C)CC)COP(=O)(O)OC[C@@H](O)COP(=O)(O)OC[C@@H](COC(=O)CCCCCCC)OC(=O)CCCCCCCCCC. The molecule has 0 aromatic rings. The Bertz CT molecular complexity index is 1690. The quantitative estimate of drug-likeness (QED) is 0.0222. The Morgan fingerprint density at radius 3 is 0.816 bits per heavy atom. The molecule has 0 fully saturated rings. The van der Waals surface area contributed by atoms with Gasteiger partial charge in [-0.15, -0.1) is 0 Å². The number of esters is 4. The number of carbonyl (C=O) groups is 4. The topological polar surface area (TPSA) is 237 Å². The number of aliphatic hydroxyl groups excluding tert-OH is 1. The number of hydrogen-bond acceptors (Lipinski definition) is 15. The van der Waals surface area contributed by atoms with Gasteiger partial charge < -0.3 is 33.8 Å². The van der Waals surface area contributed by atoms with Crippen molar-refractivity contribution in [3.63, 3.8) is 0 Å². The molecule has 516 valence electrons. The van der Waals surface area contributed by atoms with Crippen molar-refractivity contribution in [1.82, 2.24) is 0 Å². The van der Waals surface area contributed by atoms with Gasteiger partial charge in [-0.05, 0) is 31.6 Å². The minimum absolute atomic E-state index is 0.104. The van der Waals surface area contributed by atoms with E-state index in [9.17, 15) is 43.2 Å². The van der Waals surface area contributed by atoms with Crippen LogP contribution in [0.1, 0.15) is 349 Å². The first-order valence-electron chi connectivity index (χ1n) is 35.7. The van der Waals surface area contributed by atoms with Crippen LogP contribution >= 0.6 is 15.6 Å². The Morgan fingerprint density at radius 1 is 0.322 bits per heavy atom. The molecule has 3 unspecified atom stereocenters. The van der Waals surface area contributed by atoms with Crippen molar-refractivity contribution in [1.29, 1.82) is 0 Å². The molecule has 19 heteroatoms. The molecule has 0 aromatic heterocycles. The third-order valence-electron chi connectivity index (χ3n) is 16.1. The molecule has 3 N–H and O–H groups in total. The highest BCUT2D eigenvalue weighted by Gasteiger charge is 2.30. The molecule has 87 heavy (non-hydrogen) atoms. The van der Waals surface area contributed by atoms with Crippen molar-refractivity contribution in [2.45, 2.75) is 368 Å². The fraction of sp³-hybridized carbons (Fsp3) is 0.941. The highest BCUT2D eigenvalue weighted by Crippen LogP contribution is 2.45. The van der Waals surface area contributed by atoms with Gasteiger partial charge >= 0.3 is 39.5 Å². The van der Waals surface area contributed by atoms with Gasteiger partial charge in [0.15, 0.2) is 12.2 Å². The summed E-state index contributed by atoms with van der Waals surface area (Å²) in [5, 5.41) is 10.5. The molecule has 0 spiro atoms. The standard InChI is InChI=1S/C68H132O17P2/c1-6-10-13-16-18-20-21-22-23-24-25-26-27-28-29-30-31-32-33-39-44-49-54-68(73)85-64(58-79-66(71)52-47-42-38-35-34-36-41-45-50-61(5)9-4)60-83-87(76,77)81-56-62(69)55-80-86(74,75)82-59-63(57-78-65(70)51-46-40-15-12-8-3)84-67(72)53-48-43-37-19-17-14-11-7-2/h61-64,69H,6-60H2,1-5H3,(H,74,75)(H,76,77)/t61?,62-,63+,64+/m0/s1. The second kappa shape index (κ2) is 61.6. The molecule has 0 bridgehead atoms. The first-order valence-corrected chi connectivity index (χ1v) is 38.7. The van der Waals surface area contributed by atoms with E-state index in [1.807, 2.05) is 0 Å². The predicted octanol–water partition coefficient (Wildman–Crippen LogP) is 19.4. The smallest absolute Gasteiger partial charge is 0.462 e. The van der Waals surface area contributed by atoms with E-state index in [1.54, 1.807) is 0 Å². The number of hydrogen-bond donors (Lipinski definition) is 3. The molecular formula is C68H132O17P2. The summed E-state index contributed by atoms with van der Waals surface area (Å²) in [7, 11) is -9.88. The lowest BCUT2D eigenvalue weighted by Crippen LogP contribution is -2.30. The van der Waals surface area contributed by atoms with Crippen LogP contribution in [0.3, 0.4) is 0 Å². The summed E-state index contributed by atoms with van der Waals surface area (Å²) in [5.41, 5.74) is 0. The van der Waals surface area contributed by atoms with E-state index >= 15 is 0 Å². The lowest BCUT2D eigenvalue weighted by atomic mass is 9.99. The zero-order valence-electron chi connectivity index (χ0n) is 56.2. The van der Waals surface area contributed by atoms with Crippen molar-refractivity contribution in [3.8, 4) is 0 Å². The van der Waals surface area contributed by atoms with Crippen molar-refractivity contribution in [2.24, 2.45) is 5.92 Å². The summed E-state index contributed by atoms with van der Waals surface area (Å²) < 4.78 is 67.8. The summed E-state index contributed by atoms with van der Waals surface area (Å²) in [6.07, 6.45) is 47.9. The van der Waals surface area contributed by atoms with E-state index in [0.29, 0.717) is 25.7 Å². The second-order valence-corrected chi connectivity index (χ2v) is 27.7. The van der Waals surface area contributed by atoms with Gasteiger partial charge in [-0.3, -0.25) is 37.3 Å². The van der Waals surface area contributed by atoms with E-state index in [2.05, 4.69) is 34.6 Å². The molecule has 17 nitrogen and oxygen atoms in total. The van der Waals surface area contributed by atoms with Crippen LogP contribution in [0, 0.1) is 5.92 Å². The van der Waals surface area contributed by atoms with Crippen molar-refractivity contribution >= 4 is 39.5 Å².